The molecule has 0 amide bonds. The molecule has 0 aromatic carbocycles. The van der Waals surface area contributed by atoms with Crippen molar-refractivity contribution in [2.45, 2.75) is 52.1 Å². The SMILES string of the molecule is CCC[C@H](C)N1CCC(Cn2cncn2)CC1. The maximum absolute atomic E-state index is 4.19. The molecular weight excluding hydrogens is 212 g/mol. The van der Waals surface area contributed by atoms with Crippen molar-refractivity contribution in [2.24, 2.45) is 5.92 Å². The second-order valence-corrected chi connectivity index (χ2v) is 5.23. The van der Waals surface area contributed by atoms with Gasteiger partial charge in [0.2, 0.25) is 0 Å². The van der Waals surface area contributed by atoms with Crippen molar-refractivity contribution in [3.63, 3.8) is 0 Å². The third-order valence-electron chi connectivity index (χ3n) is 3.89. The Kier molecular flexibility index (Phi) is 4.54. The Morgan fingerprint density at radius 3 is 2.71 bits per heavy atom. The lowest BCUT2D eigenvalue weighted by Crippen LogP contribution is -2.40. The molecule has 96 valence electrons. The fraction of sp³-hybridized carbons (Fsp3) is 0.846. The highest BCUT2D eigenvalue weighted by molar-refractivity contribution is 4.76. The average molecular weight is 236 g/mol. The number of hydrogen-bond acceptors (Lipinski definition) is 3. The first-order valence-electron chi connectivity index (χ1n) is 6.86. The molecule has 2 rings (SSSR count). The Hall–Kier alpha value is -0.900. The summed E-state index contributed by atoms with van der Waals surface area (Å²) in [4.78, 5) is 6.64. The van der Waals surface area contributed by atoms with Gasteiger partial charge in [-0.05, 0) is 45.2 Å². The van der Waals surface area contributed by atoms with E-state index in [0.717, 1.165) is 18.5 Å². The summed E-state index contributed by atoms with van der Waals surface area (Å²) in [5.74, 6) is 0.779. The highest BCUT2D eigenvalue weighted by Gasteiger charge is 2.22. The number of piperidine rings is 1. The predicted molar refractivity (Wildman–Crippen MR) is 68.7 cm³/mol. The molecule has 0 radical (unpaired) electrons. The molecule has 1 fully saturated rings. The molecule has 1 aromatic rings. The number of likely N-dealkylation sites (tertiary alicyclic amines) is 1. The molecule has 1 aliphatic rings. The van der Waals surface area contributed by atoms with Gasteiger partial charge in [-0.15, -0.1) is 0 Å². The normalized spacial score (nSPS) is 20.6. The lowest BCUT2D eigenvalue weighted by Gasteiger charge is -2.36. The molecule has 1 saturated heterocycles. The predicted octanol–water partition coefficient (Wildman–Crippen LogP) is 2.18. The molecular formula is C13H24N4. The Balaban J connectivity index is 1.74. The zero-order valence-corrected chi connectivity index (χ0v) is 11.0. The summed E-state index contributed by atoms with van der Waals surface area (Å²) < 4.78 is 1.97. The van der Waals surface area contributed by atoms with Gasteiger partial charge in [0.1, 0.15) is 12.7 Å². The lowest BCUT2D eigenvalue weighted by atomic mass is 9.95. The molecule has 1 aliphatic heterocycles. The first-order valence-corrected chi connectivity index (χ1v) is 6.86. The smallest absolute Gasteiger partial charge is 0.137 e. The molecule has 4 nitrogen and oxygen atoms in total. The quantitative estimate of drug-likeness (QED) is 0.786. The Bertz CT molecular complexity index is 301. The van der Waals surface area contributed by atoms with Crippen LogP contribution in [0.5, 0.6) is 0 Å². The summed E-state index contributed by atoms with van der Waals surface area (Å²) in [5, 5.41) is 4.19. The van der Waals surface area contributed by atoms with Gasteiger partial charge in [-0.1, -0.05) is 13.3 Å². The van der Waals surface area contributed by atoms with Crippen molar-refractivity contribution in [2.75, 3.05) is 13.1 Å². The van der Waals surface area contributed by atoms with E-state index in [0.29, 0.717) is 0 Å². The van der Waals surface area contributed by atoms with E-state index in [2.05, 4.69) is 28.8 Å². The zero-order chi connectivity index (χ0) is 12.1. The third-order valence-corrected chi connectivity index (χ3v) is 3.89. The fourth-order valence-electron chi connectivity index (χ4n) is 2.77. The van der Waals surface area contributed by atoms with E-state index in [9.17, 15) is 0 Å². The minimum Gasteiger partial charge on any atom is -0.301 e. The van der Waals surface area contributed by atoms with Crippen molar-refractivity contribution in [3.8, 4) is 0 Å². The van der Waals surface area contributed by atoms with Crippen LogP contribution in [0.4, 0.5) is 0 Å². The highest BCUT2D eigenvalue weighted by atomic mass is 15.3. The number of nitrogens with zero attached hydrogens (tertiary/aromatic N) is 4. The molecule has 0 spiro atoms. The number of rotatable bonds is 5. The van der Waals surface area contributed by atoms with Gasteiger partial charge in [-0.25, -0.2) is 4.98 Å². The van der Waals surface area contributed by atoms with Crippen LogP contribution in [0.15, 0.2) is 12.7 Å². The van der Waals surface area contributed by atoms with Crippen LogP contribution < -0.4 is 0 Å². The van der Waals surface area contributed by atoms with Gasteiger partial charge >= 0.3 is 0 Å². The van der Waals surface area contributed by atoms with Crippen LogP contribution >= 0.6 is 0 Å². The van der Waals surface area contributed by atoms with Gasteiger partial charge in [0.05, 0.1) is 0 Å². The first-order chi connectivity index (χ1) is 8.29. The van der Waals surface area contributed by atoms with E-state index in [1.807, 2.05) is 11.0 Å². The zero-order valence-electron chi connectivity index (χ0n) is 11.0. The van der Waals surface area contributed by atoms with Crippen molar-refractivity contribution < 1.29 is 0 Å². The van der Waals surface area contributed by atoms with Gasteiger partial charge in [-0.3, -0.25) is 4.68 Å². The monoisotopic (exact) mass is 236 g/mol. The van der Waals surface area contributed by atoms with Crippen molar-refractivity contribution >= 4 is 0 Å². The average Bonchev–Trinajstić information content (AvgIpc) is 2.83. The Morgan fingerprint density at radius 2 is 2.12 bits per heavy atom. The van der Waals surface area contributed by atoms with Crippen molar-refractivity contribution in [1.29, 1.82) is 0 Å². The van der Waals surface area contributed by atoms with Gasteiger partial charge in [0, 0.05) is 12.6 Å². The minimum absolute atomic E-state index is 0.757. The maximum atomic E-state index is 4.19. The van der Waals surface area contributed by atoms with E-state index >= 15 is 0 Å². The summed E-state index contributed by atoms with van der Waals surface area (Å²) in [6.45, 7) is 8.17. The van der Waals surface area contributed by atoms with E-state index in [-0.39, 0.29) is 0 Å². The summed E-state index contributed by atoms with van der Waals surface area (Å²) in [6.07, 6.45) is 8.67. The molecule has 0 unspecified atom stereocenters. The Labute approximate surface area is 104 Å². The van der Waals surface area contributed by atoms with E-state index in [4.69, 9.17) is 0 Å². The van der Waals surface area contributed by atoms with Gasteiger partial charge in [-0.2, -0.15) is 5.10 Å². The van der Waals surface area contributed by atoms with Crippen molar-refractivity contribution in [1.82, 2.24) is 19.7 Å². The fourth-order valence-corrected chi connectivity index (χ4v) is 2.77. The van der Waals surface area contributed by atoms with Gasteiger partial charge in [0.15, 0.2) is 0 Å². The second kappa shape index (κ2) is 6.15. The Morgan fingerprint density at radius 1 is 1.35 bits per heavy atom. The van der Waals surface area contributed by atoms with Crippen LogP contribution in [0.25, 0.3) is 0 Å². The van der Waals surface area contributed by atoms with Gasteiger partial charge in [0.25, 0.3) is 0 Å². The summed E-state index contributed by atoms with van der Waals surface area (Å²) in [6, 6.07) is 0.757. The highest BCUT2D eigenvalue weighted by Crippen LogP contribution is 2.21. The largest absolute Gasteiger partial charge is 0.301 e. The van der Waals surface area contributed by atoms with E-state index in [1.165, 1.54) is 38.8 Å². The maximum Gasteiger partial charge on any atom is 0.137 e. The molecule has 0 saturated carbocycles. The molecule has 0 N–H and O–H groups in total. The molecule has 17 heavy (non-hydrogen) atoms. The minimum atomic E-state index is 0.757. The van der Waals surface area contributed by atoms with Crippen molar-refractivity contribution in [3.05, 3.63) is 12.7 Å². The third kappa shape index (κ3) is 3.53. The molecule has 0 bridgehead atoms. The number of aromatic nitrogens is 3. The van der Waals surface area contributed by atoms with Crippen LogP contribution in [-0.2, 0) is 6.54 Å². The van der Waals surface area contributed by atoms with Crippen LogP contribution in [0.3, 0.4) is 0 Å². The van der Waals surface area contributed by atoms with Gasteiger partial charge < -0.3 is 4.90 Å². The van der Waals surface area contributed by atoms with Crippen LogP contribution in [0.2, 0.25) is 0 Å². The summed E-state index contributed by atoms with van der Waals surface area (Å²) in [5.41, 5.74) is 0. The van der Waals surface area contributed by atoms with Crippen LogP contribution in [0, 0.1) is 5.92 Å². The topological polar surface area (TPSA) is 34.0 Å². The van der Waals surface area contributed by atoms with E-state index < -0.39 is 0 Å². The number of hydrogen-bond donors (Lipinski definition) is 0. The molecule has 0 aliphatic carbocycles. The van der Waals surface area contributed by atoms with Crippen LogP contribution in [0.1, 0.15) is 39.5 Å². The summed E-state index contributed by atoms with van der Waals surface area (Å²) in [7, 11) is 0. The summed E-state index contributed by atoms with van der Waals surface area (Å²) >= 11 is 0. The van der Waals surface area contributed by atoms with E-state index in [1.54, 1.807) is 6.33 Å². The van der Waals surface area contributed by atoms with Crippen LogP contribution in [-0.4, -0.2) is 38.8 Å². The first kappa shape index (κ1) is 12.6. The second-order valence-electron chi connectivity index (χ2n) is 5.23. The standard InChI is InChI=1S/C13H24N4/c1-3-4-12(2)16-7-5-13(6-8-16)9-17-11-14-10-15-17/h10-13H,3-9H2,1-2H3/t12-/m0/s1. The molecule has 1 aromatic heterocycles. The molecule has 2 heterocycles. The lowest BCUT2D eigenvalue weighted by molar-refractivity contribution is 0.126. The molecule has 4 heteroatoms. The molecule has 1 atom stereocenters.